The second-order valence-electron chi connectivity index (χ2n) is 6.74. The number of benzene rings is 2. The summed E-state index contributed by atoms with van der Waals surface area (Å²) in [5.74, 6) is 0.576. The molecule has 0 unspecified atom stereocenters. The SMILES string of the molecule is O=C(O)c1ccc(-c2oc(-c3ccc(Cl)cc3)cc2CN2CCOCC2)cc1. The fourth-order valence-electron chi connectivity index (χ4n) is 3.31. The van der Waals surface area contributed by atoms with Crippen LogP contribution in [0.4, 0.5) is 0 Å². The molecule has 4 rings (SSSR count). The van der Waals surface area contributed by atoms with Crippen LogP contribution in [-0.4, -0.2) is 42.3 Å². The van der Waals surface area contributed by atoms with Crippen LogP contribution in [0, 0.1) is 0 Å². The molecule has 1 aliphatic heterocycles. The number of hydrogen-bond donors (Lipinski definition) is 1. The topological polar surface area (TPSA) is 62.9 Å². The average molecular weight is 398 g/mol. The summed E-state index contributed by atoms with van der Waals surface area (Å²) in [6.07, 6.45) is 0. The Kier molecular flexibility index (Phi) is 5.48. The van der Waals surface area contributed by atoms with Crippen molar-refractivity contribution in [3.8, 4) is 22.6 Å². The van der Waals surface area contributed by atoms with Gasteiger partial charge in [-0.1, -0.05) is 23.7 Å². The van der Waals surface area contributed by atoms with E-state index >= 15 is 0 Å². The van der Waals surface area contributed by atoms with Gasteiger partial charge in [-0.2, -0.15) is 0 Å². The van der Waals surface area contributed by atoms with E-state index in [1.165, 1.54) is 0 Å². The number of carboxylic acids is 1. The summed E-state index contributed by atoms with van der Waals surface area (Å²) in [5, 5.41) is 9.81. The van der Waals surface area contributed by atoms with Crippen LogP contribution >= 0.6 is 11.6 Å². The van der Waals surface area contributed by atoms with Crippen LogP contribution in [0.25, 0.3) is 22.6 Å². The zero-order chi connectivity index (χ0) is 19.5. The number of halogens is 1. The summed E-state index contributed by atoms with van der Waals surface area (Å²) >= 11 is 6.00. The maximum atomic E-state index is 11.1. The van der Waals surface area contributed by atoms with Gasteiger partial charge in [0.15, 0.2) is 0 Å². The second kappa shape index (κ2) is 8.19. The van der Waals surface area contributed by atoms with Crippen molar-refractivity contribution in [2.75, 3.05) is 26.3 Å². The molecule has 2 aromatic carbocycles. The minimum Gasteiger partial charge on any atom is -0.478 e. The summed E-state index contributed by atoms with van der Waals surface area (Å²) in [6, 6.07) is 16.4. The fraction of sp³-hybridized carbons (Fsp3) is 0.227. The van der Waals surface area contributed by atoms with Crippen LogP contribution in [0.1, 0.15) is 15.9 Å². The van der Waals surface area contributed by atoms with Gasteiger partial charge in [-0.3, -0.25) is 4.90 Å². The zero-order valence-electron chi connectivity index (χ0n) is 15.2. The number of carboxylic acid groups (broad SMARTS) is 1. The summed E-state index contributed by atoms with van der Waals surface area (Å²) in [5.41, 5.74) is 3.12. The summed E-state index contributed by atoms with van der Waals surface area (Å²) in [4.78, 5) is 13.5. The van der Waals surface area contributed by atoms with Crippen molar-refractivity contribution in [2.45, 2.75) is 6.54 Å². The molecule has 1 aromatic heterocycles. The third-order valence-corrected chi connectivity index (χ3v) is 5.08. The van der Waals surface area contributed by atoms with E-state index in [-0.39, 0.29) is 5.56 Å². The van der Waals surface area contributed by atoms with E-state index in [0.29, 0.717) is 5.02 Å². The van der Waals surface area contributed by atoms with Crippen LogP contribution < -0.4 is 0 Å². The normalized spacial score (nSPS) is 14.9. The van der Waals surface area contributed by atoms with E-state index in [0.717, 1.165) is 61.1 Å². The lowest BCUT2D eigenvalue weighted by Gasteiger charge is -2.26. The highest BCUT2D eigenvalue weighted by Crippen LogP contribution is 2.34. The average Bonchev–Trinajstić information content (AvgIpc) is 3.13. The third kappa shape index (κ3) is 4.12. The summed E-state index contributed by atoms with van der Waals surface area (Å²) in [6.45, 7) is 3.95. The first-order valence-electron chi connectivity index (χ1n) is 9.12. The lowest BCUT2D eigenvalue weighted by molar-refractivity contribution is 0.0342. The molecular formula is C22H20ClNO4. The standard InChI is InChI=1S/C22H20ClNO4/c23-19-7-5-15(6-8-19)20-13-18(14-24-9-11-27-12-10-24)21(28-20)16-1-3-17(4-2-16)22(25)26/h1-8,13H,9-12,14H2,(H,25,26). The first-order chi connectivity index (χ1) is 13.6. The summed E-state index contributed by atoms with van der Waals surface area (Å²) in [7, 11) is 0. The quantitative estimate of drug-likeness (QED) is 0.670. The van der Waals surface area contributed by atoms with Crippen LogP contribution in [0.2, 0.25) is 5.02 Å². The molecule has 5 nitrogen and oxygen atoms in total. The van der Waals surface area contributed by atoms with Crippen molar-refractivity contribution in [2.24, 2.45) is 0 Å². The highest BCUT2D eigenvalue weighted by molar-refractivity contribution is 6.30. The molecular weight excluding hydrogens is 378 g/mol. The van der Waals surface area contributed by atoms with Gasteiger partial charge in [-0.05, 0) is 42.5 Å². The molecule has 28 heavy (non-hydrogen) atoms. The first-order valence-corrected chi connectivity index (χ1v) is 9.50. The second-order valence-corrected chi connectivity index (χ2v) is 7.18. The summed E-state index contributed by atoms with van der Waals surface area (Å²) < 4.78 is 11.7. The number of hydrogen-bond acceptors (Lipinski definition) is 4. The van der Waals surface area contributed by atoms with Crippen molar-refractivity contribution in [3.05, 3.63) is 70.7 Å². The van der Waals surface area contributed by atoms with Gasteiger partial charge in [0.2, 0.25) is 0 Å². The van der Waals surface area contributed by atoms with Gasteiger partial charge in [-0.25, -0.2) is 4.79 Å². The van der Waals surface area contributed by atoms with Crippen LogP contribution in [0.3, 0.4) is 0 Å². The van der Waals surface area contributed by atoms with Gasteiger partial charge in [0, 0.05) is 41.3 Å². The number of furan rings is 1. The van der Waals surface area contributed by atoms with Gasteiger partial charge >= 0.3 is 5.97 Å². The Morgan fingerprint density at radius 3 is 2.29 bits per heavy atom. The largest absolute Gasteiger partial charge is 0.478 e. The van der Waals surface area contributed by atoms with E-state index in [4.69, 9.17) is 25.9 Å². The molecule has 0 atom stereocenters. The maximum absolute atomic E-state index is 11.1. The zero-order valence-corrected chi connectivity index (χ0v) is 16.0. The van der Waals surface area contributed by atoms with Gasteiger partial charge < -0.3 is 14.3 Å². The van der Waals surface area contributed by atoms with E-state index in [2.05, 4.69) is 11.0 Å². The van der Waals surface area contributed by atoms with Gasteiger partial charge in [0.05, 0.1) is 18.8 Å². The molecule has 0 saturated carbocycles. The predicted molar refractivity (Wildman–Crippen MR) is 108 cm³/mol. The molecule has 1 aliphatic rings. The van der Waals surface area contributed by atoms with Gasteiger partial charge in [-0.15, -0.1) is 0 Å². The molecule has 1 saturated heterocycles. The molecule has 0 bridgehead atoms. The van der Waals surface area contributed by atoms with Crippen LogP contribution in [-0.2, 0) is 11.3 Å². The molecule has 2 heterocycles. The molecule has 144 valence electrons. The Labute approximate surface area is 168 Å². The Bertz CT molecular complexity index is 957. The number of morpholine rings is 1. The Morgan fingerprint density at radius 1 is 1.00 bits per heavy atom. The van der Waals surface area contributed by atoms with E-state index < -0.39 is 5.97 Å². The van der Waals surface area contributed by atoms with E-state index in [9.17, 15) is 4.79 Å². The minimum atomic E-state index is -0.943. The van der Waals surface area contributed by atoms with Gasteiger partial charge in [0.1, 0.15) is 11.5 Å². The highest BCUT2D eigenvalue weighted by atomic mass is 35.5. The lowest BCUT2D eigenvalue weighted by Crippen LogP contribution is -2.35. The molecule has 0 aliphatic carbocycles. The Balaban J connectivity index is 1.71. The number of nitrogens with zero attached hydrogens (tertiary/aromatic N) is 1. The molecule has 6 heteroatoms. The van der Waals surface area contributed by atoms with Gasteiger partial charge in [0.25, 0.3) is 0 Å². The van der Waals surface area contributed by atoms with E-state index in [1.807, 2.05) is 24.3 Å². The monoisotopic (exact) mass is 397 g/mol. The lowest BCUT2D eigenvalue weighted by atomic mass is 10.1. The number of rotatable bonds is 5. The maximum Gasteiger partial charge on any atom is 0.335 e. The smallest absolute Gasteiger partial charge is 0.335 e. The molecule has 3 aromatic rings. The first kappa shape index (κ1) is 18.7. The van der Waals surface area contributed by atoms with Crippen molar-refractivity contribution in [3.63, 3.8) is 0 Å². The highest BCUT2D eigenvalue weighted by Gasteiger charge is 2.19. The minimum absolute atomic E-state index is 0.253. The van der Waals surface area contributed by atoms with E-state index in [1.54, 1.807) is 24.3 Å². The number of ether oxygens (including phenoxy) is 1. The van der Waals surface area contributed by atoms with Crippen molar-refractivity contribution in [1.82, 2.24) is 4.90 Å². The molecule has 0 amide bonds. The number of carbonyl (C=O) groups is 1. The third-order valence-electron chi connectivity index (χ3n) is 4.83. The number of aromatic carboxylic acids is 1. The van der Waals surface area contributed by atoms with Crippen LogP contribution in [0.5, 0.6) is 0 Å². The molecule has 0 spiro atoms. The van der Waals surface area contributed by atoms with Crippen LogP contribution in [0.15, 0.2) is 59.0 Å². The molecule has 1 fully saturated rings. The predicted octanol–water partition coefficient (Wildman–Crippen LogP) is 4.80. The molecule has 1 N–H and O–H groups in total. The Hall–Kier alpha value is -2.60. The van der Waals surface area contributed by atoms with Crippen molar-refractivity contribution in [1.29, 1.82) is 0 Å². The van der Waals surface area contributed by atoms with Crippen molar-refractivity contribution < 1.29 is 19.1 Å². The Morgan fingerprint density at radius 2 is 1.64 bits per heavy atom. The fourth-order valence-corrected chi connectivity index (χ4v) is 3.44. The molecule has 0 radical (unpaired) electrons. The van der Waals surface area contributed by atoms with Crippen molar-refractivity contribution >= 4 is 17.6 Å².